The van der Waals surface area contributed by atoms with Crippen LogP contribution in [0.1, 0.15) is 18.3 Å². The third kappa shape index (κ3) is 3.27. The maximum Gasteiger partial charge on any atom is 0.316 e. The predicted molar refractivity (Wildman–Crippen MR) is 72.3 cm³/mol. The molecule has 1 aromatic carbocycles. The van der Waals surface area contributed by atoms with Crippen molar-refractivity contribution >= 4 is 17.7 Å². The lowest BCUT2D eigenvalue weighted by Gasteiger charge is -2.06. The number of aromatic nitrogens is 3. The molecule has 0 saturated heterocycles. The molecule has 0 aliphatic heterocycles. The average Bonchev–Trinajstić information content (AvgIpc) is 2.74. The maximum atomic E-state index is 12.8. The van der Waals surface area contributed by atoms with Gasteiger partial charge >= 0.3 is 5.97 Å². The molecule has 0 saturated carbocycles. The molecular weight excluding hydrogens is 283 g/mol. The van der Waals surface area contributed by atoms with Crippen LogP contribution in [0.3, 0.4) is 0 Å². The second kappa shape index (κ2) is 5.91. The predicted octanol–water partition coefficient (Wildman–Crippen LogP) is 1.29. The quantitative estimate of drug-likeness (QED) is 0.638. The fourth-order valence-corrected chi connectivity index (χ4v) is 2.23. The lowest BCUT2D eigenvalue weighted by atomic mass is 10.1. The van der Waals surface area contributed by atoms with Crippen LogP contribution in [0, 0.1) is 5.82 Å². The standard InChI is InChI=1S/C12H13FN4O2S/c1-7(11(18)19)20-12-16-15-10(17(12)14)6-8-2-4-9(13)5-3-8/h2-5,7H,6,14H2,1H3,(H,18,19). The number of nitrogen functional groups attached to an aromatic ring is 1. The summed E-state index contributed by atoms with van der Waals surface area (Å²) in [5, 5.41) is 16.3. The van der Waals surface area contributed by atoms with Gasteiger partial charge in [-0.3, -0.25) is 4.79 Å². The van der Waals surface area contributed by atoms with E-state index in [1.807, 2.05) is 0 Å². The van der Waals surface area contributed by atoms with Crippen LogP contribution in [-0.4, -0.2) is 31.2 Å². The molecule has 0 bridgehead atoms. The number of benzene rings is 1. The zero-order valence-electron chi connectivity index (χ0n) is 10.7. The molecule has 106 valence electrons. The Hall–Kier alpha value is -2.09. The second-order valence-corrected chi connectivity index (χ2v) is 5.48. The van der Waals surface area contributed by atoms with Crippen molar-refractivity contribution in [3.63, 3.8) is 0 Å². The Morgan fingerprint density at radius 1 is 1.45 bits per heavy atom. The zero-order chi connectivity index (χ0) is 14.7. The number of thioether (sulfide) groups is 1. The van der Waals surface area contributed by atoms with Crippen LogP contribution in [0.4, 0.5) is 4.39 Å². The van der Waals surface area contributed by atoms with E-state index in [0.717, 1.165) is 17.3 Å². The Balaban J connectivity index is 2.12. The van der Waals surface area contributed by atoms with Crippen molar-refractivity contribution in [3.05, 3.63) is 41.5 Å². The van der Waals surface area contributed by atoms with Gasteiger partial charge < -0.3 is 10.9 Å². The van der Waals surface area contributed by atoms with Crippen LogP contribution in [-0.2, 0) is 11.2 Å². The summed E-state index contributed by atoms with van der Waals surface area (Å²) in [7, 11) is 0. The second-order valence-electron chi connectivity index (χ2n) is 4.17. The number of nitrogens with zero attached hydrogens (tertiary/aromatic N) is 3. The average molecular weight is 296 g/mol. The van der Waals surface area contributed by atoms with Crippen molar-refractivity contribution in [2.75, 3.05) is 5.84 Å². The van der Waals surface area contributed by atoms with E-state index in [0.29, 0.717) is 17.4 Å². The molecule has 0 spiro atoms. The van der Waals surface area contributed by atoms with Crippen LogP contribution >= 0.6 is 11.8 Å². The Kier molecular flexibility index (Phi) is 4.23. The summed E-state index contributed by atoms with van der Waals surface area (Å²) in [6, 6.07) is 5.98. The number of hydrogen-bond acceptors (Lipinski definition) is 5. The SMILES string of the molecule is CC(Sc1nnc(Cc2ccc(F)cc2)n1N)C(=O)O. The Bertz CT molecular complexity index is 614. The summed E-state index contributed by atoms with van der Waals surface area (Å²) in [4.78, 5) is 10.8. The molecule has 0 aliphatic rings. The molecule has 1 atom stereocenters. The Labute approximate surface area is 118 Å². The normalized spacial score (nSPS) is 12.3. The minimum Gasteiger partial charge on any atom is -0.480 e. The number of carboxylic acids is 1. The molecule has 1 aromatic heterocycles. The monoisotopic (exact) mass is 296 g/mol. The van der Waals surface area contributed by atoms with E-state index in [9.17, 15) is 9.18 Å². The molecule has 2 rings (SSSR count). The van der Waals surface area contributed by atoms with E-state index in [1.165, 1.54) is 16.8 Å². The molecule has 1 heterocycles. The number of carboxylic acid groups (broad SMARTS) is 1. The fraction of sp³-hybridized carbons (Fsp3) is 0.250. The van der Waals surface area contributed by atoms with Crippen LogP contribution in [0.15, 0.2) is 29.4 Å². The number of aliphatic carboxylic acids is 1. The largest absolute Gasteiger partial charge is 0.480 e. The highest BCUT2D eigenvalue weighted by molar-refractivity contribution is 8.00. The van der Waals surface area contributed by atoms with Gasteiger partial charge in [0, 0.05) is 6.42 Å². The molecule has 0 fully saturated rings. The lowest BCUT2D eigenvalue weighted by Crippen LogP contribution is -2.17. The smallest absolute Gasteiger partial charge is 0.316 e. The zero-order valence-corrected chi connectivity index (χ0v) is 11.5. The molecular formula is C12H13FN4O2S. The van der Waals surface area contributed by atoms with E-state index in [4.69, 9.17) is 10.9 Å². The van der Waals surface area contributed by atoms with Gasteiger partial charge in [-0.05, 0) is 24.6 Å². The van der Waals surface area contributed by atoms with Gasteiger partial charge in [0.25, 0.3) is 0 Å². The molecule has 0 aliphatic carbocycles. The third-order valence-corrected chi connectivity index (χ3v) is 3.68. The van der Waals surface area contributed by atoms with Crippen molar-refractivity contribution in [2.24, 2.45) is 0 Å². The van der Waals surface area contributed by atoms with Crippen LogP contribution < -0.4 is 5.84 Å². The van der Waals surface area contributed by atoms with Gasteiger partial charge in [0.15, 0.2) is 5.82 Å². The van der Waals surface area contributed by atoms with Gasteiger partial charge in [0.1, 0.15) is 11.1 Å². The first kappa shape index (κ1) is 14.3. The van der Waals surface area contributed by atoms with Crippen molar-refractivity contribution < 1.29 is 14.3 Å². The van der Waals surface area contributed by atoms with Crippen molar-refractivity contribution in [1.29, 1.82) is 0 Å². The van der Waals surface area contributed by atoms with Crippen LogP contribution in [0.25, 0.3) is 0 Å². The van der Waals surface area contributed by atoms with Crippen LogP contribution in [0.2, 0.25) is 0 Å². The molecule has 20 heavy (non-hydrogen) atoms. The van der Waals surface area contributed by atoms with Gasteiger partial charge in [-0.2, -0.15) is 0 Å². The van der Waals surface area contributed by atoms with E-state index >= 15 is 0 Å². The van der Waals surface area contributed by atoms with Gasteiger partial charge in [-0.1, -0.05) is 23.9 Å². The van der Waals surface area contributed by atoms with E-state index < -0.39 is 11.2 Å². The minimum atomic E-state index is -0.946. The first-order valence-corrected chi connectivity index (χ1v) is 6.68. The fourth-order valence-electron chi connectivity index (χ4n) is 1.50. The number of carbonyl (C=O) groups is 1. The maximum absolute atomic E-state index is 12.8. The summed E-state index contributed by atoms with van der Waals surface area (Å²) in [6.45, 7) is 1.54. The van der Waals surface area contributed by atoms with Gasteiger partial charge in [-0.15, -0.1) is 10.2 Å². The first-order valence-electron chi connectivity index (χ1n) is 5.80. The summed E-state index contributed by atoms with van der Waals surface area (Å²) < 4.78 is 14.1. The number of halogens is 1. The van der Waals surface area contributed by atoms with Crippen LogP contribution in [0.5, 0.6) is 0 Å². The van der Waals surface area contributed by atoms with E-state index in [2.05, 4.69) is 10.2 Å². The lowest BCUT2D eigenvalue weighted by molar-refractivity contribution is -0.136. The van der Waals surface area contributed by atoms with Crippen molar-refractivity contribution in [1.82, 2.24) is 14.9 Å². The highest BCUT2D eigenvalue weighted by Crippen LogP contribution is 2.21. The van der Waals surface area contributed by atoms with E-state index in [1.54, 1.807) is 19.1 Å². The molecule has 8 heteroatoms. The number of rotatable bonds is 5. The molecule has 0 amide bonds. The van der Waals surface area contributed by atoms with Gasteiger partial charge in [0.05, 0.1) is 0 Å². The molecule has 6 nitrogen and oxygen atoms in total. The van der Waals surface area contributed by atoms with Crippen molar-refractivity contribution in [3.8, 4) is 0 Å². The highest BCUT2D eigenvalue weighted by Gasteiger charge is 2.18. The summed E-state index contributed by atoms with van der Waals surface area (Å²) in [5.74, 6) is 5.06. The first-order chi connectivity index (χ1) is 9.47. The van der Waals surface area contributed by atoms with E-state index in [-0.39, 0.29) is 5.82 Å². The topological polar surface area (TPSA) is 94.0 Å². The summed E-state index contributed by atoms with van der Waals surface area (Å²) in [6.07, 6.45) is 0.395. The number of nitrogens with two attached hydrogens (primary N) is 1. The molecule has 3 N–H and O–H groups in total. The summed E-state index contributed by atoms with van der Waals surface area (Å²) >= 11 is 1.02. The molecule has 1 unspecified atom stereocenters. The number of hydrogen-bond donors (Lipinski definition) is 2. The highest BCUT2D eigenvalue weighted by atomic mass is 32.2. The molecule has 2 aromatic rings. The summed E-state index contributed by atoms with van der Waals surface area (Å²) in [5.41, 5.74) is 0.841. The minimum absolute atomic E-state index is 0.311. The molecule has 0 radical (unpaired) electrons. The van der Waals surface area contributed by atoms with Crippen molar-refractivity contribution in [2.45, 2.75) is 23.8 Å². The Morgan fingerprint density at radius 3 is 2.70 bits per heavy atom. The Morgan fingerprint density at radius 2 is 2.10 bits per heavy atom. The van der Waals surface area contributed by atoms with Gasteiger partial charge in [0.2, 0.25) is 5.16 Å². The van der Waals surface area contributed by atoms with Gasteiger partial charge in [-0.25, -0.2) is 9.07 Å². The third-order valence-electron chi connectivity index (χ3n) is 2.64.